The van der Waals surface area contributed by atoms with Crippen molar-refractivity contribution in [3.63, 3.8) is 0 Å². The van der Waals surface area contributed by atoms with Gasteiger partial charge in [0.2, 0.25) is 0 Å². The third-order valence-corrected chi connectivity index (χ3v) is 3.11. The van der Waals surface area contributed by atoms with Crippen molar-refractivity contribution in [1.29, 1.82) is 0 Å². The number of hydrogen-bond donors (Lipinski definition) is 2. The van der Waals surface area contributed by atoms with E-state index in [0.29, 0.717) is 6.04 Å². The van der Waals surface area contributed by atoms with Gasteiger partial charge in [-0.15, -0.1) is 0 Å². The molecule has 0 aromatic rings. The zero-order valence-electron chi connectivity index (χ0n) is 9.84. The first-order chi connectivity index (χ1) is 6.47. The third-order valence-electron chi connectivity index (χ3n) is 3.11. The highest BCUT2D eigenvalue weighted by Gasteiger charge is 2.19. The second-order valence-electron chi connectivity index (χ2n) is 5.49. The van der Waals surface area contributed by atoms with Gasteiger partial charge in [0.25, 0.3) is 0 Å². The maximum absolute atomic E-state index is 9.56. The molecule has 2 unspecified atom stereocenters. The van der Waals surface area contributed by atoms with Gasteiger partial charge in [0.1, 0.15) is 0 Å². The van der Waals surface area contributed by atoms with Crippen LogP contribution >= 0.6 is 0 Å². The summed E-state index contributed by atoms with van der Waals surface area (Å²) >= 11 is 0. The monoisotopic (exact) mass is 199 g/mol. The van der Waals surface area contributed by atoms with Crippen molar-refractivity contribution in [3.05, 3.63) is 0 Å². The van der Waals surface area contributed by atoms with Gasteiger partial charge in [0.15, 0.2) is 0 Å². The minimum Gasteiger partial charge on any atom is -0.390 e. The Morgan fingerprint density at radius 3 is 2.64 bits per heavy atom. The molecule has 84 valence electrons. The maximum atomic E-state index is 9.56. The molecule has 1 aliphatic rings. The Balaban J connectivity index is 2.12. The largest absolute Gasteiger partial charge is 0.390 e. The Kier molecular flexibility index (Phi) is 4.39. The molecule has 1 saturated carbocycles. The van der Waals surface area contributed by atoms with Gasteiger partial charge in [-0.25, -0.2) is 0 Å². The standard InChI is InChI=1S/C12H25NO/c1-10-5-4-6-11(9-10)13-8-7-12(2,3)14/h10-11,13-14H,4-9H2,1-3H3. The van der Waals surface area contributed by atoms with Crippen molar-refractivity contribution in [2.75, 3.05) is 6.54 Å². The maximum Gasteiger partial charge on any atom is 0.0603 e. The molecule has 14 heavy (non-hydrogen) atoms. The highest BCUT2D eigenvalue weighted by atomic mass is 16.3. The highest BCUT2D eigenvalue weighted by Crippen LogP contribution is 2.23. The lowest BCUT2D eigenvalue weighted by Gasteiger charge is -2.28. The van der Waals surface area contributed by atoms with Crippen LogP contribution in [-0.4, -0.2) is 23.3 Å². The van der Waals surface area contributed by atoms with Crippen molar-refractivity contribution in [2.24, 2.45) is 5.92 Å². The van der Waals surface area contributed by atoms with E-state index in [0.717, 1.165) is 18.9 Å². The van der Waals surface area contributed by atoms with E-state index in [1.165, 1.54) is 25.7 Å². The fourth-order valence-electron chi connectivity index (χ4n) is 2.20. The fourth-order valence-corrected chi connectivity index (χ4v) is 2.20. The normalized spacial score (nSPS) is 29.1. The van der Waals surface area contributed by atoms with Crippen LogP contribution in [0.2, 0.25) is 0 Å². The molecule has 1 rings (SSSR count). The van der Waals surface area contributed by atoms with Crippen LogP contribution in [0.25, 0.3) is 0 Å². The van der Waals surface area contributed by atoms with Gasteiger partial charge < -0.3 is 10.4 Å². The molecule has 2 atom stereocenters. The van der Waals surface area contributed by atoms with Crippen LogP contribution in [0.3, 0.4) is 0 Å². The molecule has 0 saturated heterocycles. The average molecular weight is 199 g/mol. The molecule has 0 spiro atoms. The Hall–Kier alpha value is -0.0800. The summed E-state index contributed by atoms with van der Waals surface area (Å²) in [6.07, 6.45) is 6.23. The second-order valence-corrected chi connectivity index (χ2v) is 5.49. The van der Waals surface area contributed by atoms with Crippen molar-refractivity contribution in [3.8, 4) is 0 Å². The molecule has 0 aliphatic heterocycles. The lowest BCUT2D eigenvalue weighted by Crippen LogP contribution is -2.36. The third kappa shape index (κ3) is 4.97. The van der Waals surface area contributed by atoms with Crippen LogP contribution in [0.5, 0.6) is 0 Å². The van der Waals surface area contributed by atoms with Crippen LogP contribution in [0.1, 0.15) is 52.9 Å². The lowest BCUT2D eigenvalue weighted by atomic mass is 9.87. The number of rotatable bonds is 4. The summed E-state index contributed by atoms with van der Waals surface area (Å²) in [6.45, 7) is 7.03. The zero-order chi connectivity index (χ0) is 10.6. The molecule has 2 nitrogen and oxygen atoms in total. The van der Waals surface area contributed by atoms with E-state index in [4.69, 9.17) is 0 Å². The molecule has 2 N–H and O–H groups in total. The van der Waals surface area contributed by atoms with Crippen LogP contribution in [-0.2, 0) is 0 Å². The summed E-state index contributed by atoms with van der Waals surface area (Å²) in [4.78, 5) is 0. The van der Waals surface area contributed by atoms with Crippen molar-refractivity contribution in [2.45, 2.75) is 64.5 Å². The molecule has 0 aromatic heterocycles. The number of aliphatic hydroxyl groups is 1. The van der Waals surface area contributed by atoms with Gasteiger partial charge in [-0.2, -0.15) is 0 Å². The van der Waals surface area contributed by atoms with Gasteiger partial charge in [0.05, 0.1) is 5.60 Å². The topological polar surface area (TPSA) is 32.3 Å². The van der Waals surface area contributed by atoms with Crippen LogP contribution in [0, 0.1) is 5.92 Å². The van der Waals surface area contributed by atoms with E-state index in [1.807, 2.05) is 13.8 Å². The van der Waals surface area contributed by atoms with Crippen LogP contribution in [0.15, 0.2) is 0 Å². The van der Waals surface area contributed by atoms with Gasteiger partial charge in [-0.1, -0.05) is 19.8 Å². The molecule has 0 amide bonds. The average Bonchev–Trinajstić information content (AvgIpc) is 2.01. The molecule has 0 heterocycles. The molecule has 1 aliphatic carbocycles. The van der Waals surface area contributed by atoms with Crippen molar-refractivity contribution >= 4 is 0 Å². The first-order valence-electron chi connectivity index (χ1n) is 5.93. The number of hydrogen-bond acceptors (Lipinski definition) is 2. The molecular weight excluding hydrogens is 174 g/mol. The van der Waals surface area contributed by atoms with E-state index in [1.54, 1.807) is 0 Å². The van der Waals surface area contributed by atoms with Crippen LogP contribution in [0.4, 0.5) is 0 Å². The molecule has 2 heteroatoms. The van der Waals surface area contributed by atoms with Crippen molar-refractivity contribution < 1.29 is 5.11 Å². The van der Waals surface area contributed by atoms with Crippen LogP contribution < -0.4 is 5.32 Å². The Labute approximate surface area is 88.1 Å². The summed E-state index contributed by atoms with van der Waals surface area (Å²) in [5, 5.41) is 13.1. The zero-order valence-corrected chi connectivity index (χ0v) is 9.84. The molecule has 1 fully saturated rings. The van der Waals surface area contributed by atoms with Gasteiger partial charge in [0, 0.05) is 6.04 Å². The Morgan fingerprint density at radius 1 is 1.36 bits per heavy atom. The minimum atomic E-state index is -0.521. The summed E-state index contributed by atoms with van der Waals surface area (Å²) in [7, 11) is 0. The number of nitrogens with one attached hydrogen (secondary N) is 1. The first-order valence-corrected chi connectivity index (χ1v) is 5.93. The van der Waals surface area contributed by atoms with E-state index in [-0.39, 0.29) is 0 Å². The smallest absolute Gasteiger partial charge is 0.0603 e. The lowest BCUT2D eigenvalue weighted by molar-refractivity contribution is 0.0696. The summed E-state index contributed by atoms with van der Waals surface area (Å²) < 4.78 is 0. The Bertz CT molecular complexity index is 162. The molecule has 0 bridgehead atoms. The Morgan fingerprint density at radius 2 is 2.07 bits per heavy atom. The van der Waals surface area contributed by atoms with Gasteiger partial charge >= 0.3 is 0 Å². The molecule has 0 radical (unpaired) electrons. The summed E-state index contributed by atoms with van der Waals surface area (Å²) in [5.74, 6) is 0.878. The first kappa shape index (κ1) is 12.0. The van der Waals surface area contributed by atoms with Gasteiger partial charge in [-0.3, -0.25) is 0 Å². The summed E-state index contributed by atoms with van der Waals surface area (Å²) in [5.41, 5.74) is -0.521. The molecule has 0 aromatic carbocycles. The van der Waals surface area contributed by atoms with E-state index < -0.39 is 5.60 Å². The van der Waals surface area contributed by atoms with Crippen molar-refractivity contribution in [1.82, 2.24) is 5.32 Å². The van der Waals surface area contributed by atoms with E-state index >= 15 is 0 Å². The van der Waals surface area contributed by atoms with E-state index in [2.05, 4.69) is 12.2 Å². The van der Waals surface area contributed by atoms with Gasteiger partial charge in [-0.05, 0) is 45.6 Å². The predicted octanol–water partition coefficient (Wildman–Crippen LogP) is 2.32. The summed E-state index contributed by atoms with van der Waals surface area (Å²) in [6, 6.07) is 0.695. The highest BCUT2D eigenvalue weighted by molar-refractivity contribution is 4.77. The predicted molar refractivity (Wildman–Crippen MR) is 60.3 cm³/mol. The molecular formula is C12H25NO. The fraction of sp³-hybridized carbons (Fsp3) is 1.00. The quantitative estimate of drug-likeness (QED) is 0.728. The second kappa shape index (κ2) is 5.13. The minimum absolute atomic E-state index is 0.521. The van der Waals surface area contributed by atoms with E-state index in [9.17, 15) is 5.11 Å². The SMILES string of the molecule is CC1CCCC(NCCC(C)(C)O)C1.